The molecule has 1 atom stereocenters. The molecule has 2 heterocycles. The molecule has 150 valence electrons. The lowest BCUT2D eigenvalue weighted by Gasteiger charge is -2.34. The van der Waals surface area contributed by atoms with Gasteiger partial charge in [0.2, 0.25) is 5.91 Å². The Labute approximate surface area is 169 Å². The van der Waals surface area contributed by atoms with E-state index < -0.39 is 22.8 Å². The molecule has 11 nitrogen and oxygen atoms in total. The molecule has 2 aromatic carbocycles. The van der Waals surface area contributed by atoms with Crippen LogP contribution in [-0.2, 0) is 9.59 Å². The van der Waals surface area contributed by atoms with Crippen molar-refractivity contribution >= 4 is 41.6 Å². The van der Waals surface area contributed by atoms with Gasteiger partial charge < -0.3 is 4.90 Å². The third-order valence-corrected chi connectivity index (χ3v) is 4.48. The Kier molecular flexibility index (Phi) is 4.99. The van der Waals surface area contributed by atoms with Gasteiger partial charge in [-0.05, 0) is 12.1 Å². The van der Waals surface area contributed by atoms with Crippen molar-refractivity contribution in [2.75, 3.05) is 0 Å². The summed E-state index contributed by atoms with van der Waals surface area (Å²) in [6.07, 6.45) is 2.58. The second-order valence-corrected chi connectivity index (χ2v) is 6.45. The Morgan fingerprint density at radius 3 is 2.97 bits per heavy atom. The number of hydrazone groups is 2. The molecule has 0 bridgehead atoms. The standard InChI is InChI=1S/C19H15N7O4/c27-17(22-21-10-12-4-3-5-13(8-12)26(29)30)9-16-19(28)24-23-18-14-6-1-2-7-15(14)20-11-25(16)18/h1-8,10-11,16H,9H2,(H,22,27)(H,24,28). The molecular weight excluding hydrogens is 390 g/mol. The van der Waals surface area contributed by atoms with E-state index in [1.807, 2.05) is 24.3 Å². The second-order valence-electron chi connectivity index (χ2n) is 6.45. The van der Waals surface area contributed by atoms with E-state index in [-0.39, 0.29) is 12.1 Å². The molecule has 0 fully saturated rings. The molecule has 0 radical (unpaired) electrons. The molecule has 1 unspecified atom stereocenters. The minimum Gasteiger partial charge on any atom is -0.302 e. The van der Waals surface area contributed by atoms with Crippen LogP contribution < -0.4 is 10.9 Å². The highest BCUT2D eigenvalue weighted by atomic mass is 16.6. The van der Waals surface area contributed by atoms with Crippen LogP contribution in [0.25, 0.3) is 0 Å². The number of benzene rings is 2. The monoisotopic (exact) mass is 405 g/mol. The molecule has 2 aliphatic heterocycles. The number of nitrogens with one attached hydrogen (secondary N) is 2. The van der Waals surface area contributed by atoms with Crippen LogP contribution in [0.15, 0.2) is 63.7 Å². The number of nitro benzene ring substituents is 1. The zero-order valence-corrected chi connectivity index (χ0v) is 15.4. The number of carbonyl (C=O) groups is 2. The summed E-state index contributed by atoms with van der Waals surface area (Å²) in [7, 11) is 0. The maximum Gasteiger partial charge on any atom is 0.270 e. The largest absolute Gasteiger partial charge is 0.302 e. The van der Waals surface area contributed by atoms with Gasteiger partial charge in [0.1, 0.15) is 6.04 Å². The van der Waals surface area contributed by atoms with Gasteiger partial charge >= 0.3 is 0 Å². The molecule has 4 rings (SSSR count). The number of non-ortho nitro benzene ring substituents is 1. The summed E-state index contributed by atoms with van der Waals surface area (Å²) >= 11 is 0. The molecule has 0 spiro atoms. The number of aliphatic imine (C=N–C) groups is 1. The number of carbonyl (C=O) groups excluding carboxylic acids is 2. The number of para-hydroxylation sites is 1. The van der Waals surface area contributed by atoms with Crippen molar-refractivity contribution in [2.45, 2.75) is 12.5 Å². The normalized spacial score (nSPS) is 17.1. The molecule has 2 aliphatic rings. The molecule has 30 heavy (non-hydrogen) atoms. The van der Waals surface area contributed by atoms with Crippen LogP contribution in [0.3, 0.4) is 0 Å². The Morgan fingerprint density at radius 2 is 2.13 bits per heavy atom. The Hall–Kier alpha value is -4.41. The van der Waals surface area contributed by atoms with Crippen LogP contribution in [0.4, 0.5) is 11.4 Å². The average molecular weight is 405 g/mol. The fraction of sp³-hybridized carbons (Fsp3) is 0.105. The van der Waals surface area contributed by atoms with E-state index in [2.05, 4.69) is 26.0 Å². The van der Waals surface area contributed by atoms with E-state index in [4.69, 9.17) is 0 Å². The third-order valence-electron chi connectivity index (χ3n) is 4.48. The van der Waals surface area contributed by atoms with Crippen LogP contribution in [0.2, 0.25) is 0 Å². The molecule has 0 saturated heterocycles. The molecule has 11 heteroatoms. The van der Waals surface area contributed by atoms with E-state index in [0.29, 0.717) is 17.1 Å². The maximum atomic E-state index is 12.3. The molecule has 2 amide bonds. The first-order valence-corrected chi connectivity index (χ1v) is 8.89. The summed E-state index contributed by atoms with van der Waals surface area (Å²) in [5, 5.41) is 18.7. The van der Waals surface area contributed by atoms with Crippen molar-refractivity contribution in [1.82, 2.24) is 15.8 Å². The molecule has 2 aromatic rings. The lowest BCUT2D eigenvalue weighted by atomic mass is 10.1. The summed E-state index contributed by atoms with van der Waals surface area (Å²) in [6, 6.07) is 12.3. The average Bonchev–Trinajstić information content (AvgIpc) is 2.75. The zero-order valence-electron chi connectivity index (χ0n) is 15.4. The van der Waals surface area contributed by atoms with Crippen molar-refractivity contribution in [3.8, 4) is 0 Å². The van der Waals surface area contributed by atoms with Crippen LogP contribution in [0.1, 0.15) is 17.5 Å². The van der Waals surface area contributed by atoms with Crippen molar-refractivity contribution in [3.05, 3.63) is 69.8 Å². The van der Waals surface area contributed by atoms with Crippen LogP contribution >= 0.6 is 0 Å². The lowest BCUT2D eigenvalue weighted by molar-refractivity contribution is -0.384. The van der Waals surface area contributed by atoms with Crippen LogP contribution in [-0.4, -0.2) is 46.1 Å². The van der Waals surface area contributed by atoms with Crippen LogP contribution in [0, 0.1) is 10.1 Å². The van der Waals surface area contributed by atoms with Crippen molar-refractivity contribution in [3.63, 3.8) is 0 Å². The predicted molar refractivity (Wildman–Crippen MR) is 108 cm³/mol. The molecule has 0 aliphatic carbocycles. The number of fused-ring (bicyclic) bond motifs is 3. The first-order chi connectivity index (χ1) is 14.5. The first kappa shape index (κ1) is 18.9. The molecule has 0 saturated carbocycles. The zero-order chi connectivity index (χ0) is 21.1. The predicted octanol–water partition coefficient (Wildman–Crippen LogP) is 1.27. The summed E-state index contributed by atoms with van der Waals surface area (Å²) in [4.78, 5) is 40.8. The van der Waals surface area contributed by atoms with Gasteiger partial charge in [-0.1, -0.05) is 24.3 Å². The van der Waals surface area contributed by atoms with Gasteiger partial charge in [-0.3, -0.25) is 19.7 Å². The van der Waals surface area contributed by atoms with Gasteiger partial charge in [0.05, 0.1) is 29.6 Å². The fourth-order valence-corrected chi connectivity index (χ4v) is 3.06. The number of nitro groups is 1. The Bertz CT molecular complexity index is 1130. The van der Waals surface area contributed by atoms with E-state index in [0.717, 1.165) is 5.56 Å². The van der Waals surface area contributed by atoms with Crippen LogP contribution in [0.5, 0.6) is 0 Å². The second kappa shape index (κ2) is 7.91. The molecular formula is C19H15N7O4. The summed E-state index contributed by atoms with van der Waals surface area (Å²) in [5.74, 6) is -0.453. The Morgan fingerprint density at radius 1 is 1.30 bits per heavy atom. The maximum absolute atomic E-state index is 12.3. The van der Waals surface area contributed by atoms with Gasteiger partial charge in [0.15, 0.2) is 5.84 Å². The van der Waals surface area contributed by atoms with E-state index in [1.54, 1.807) is 11.0 Å². The smallest absolute Gasteiger partial charge is 0.270 e. The third kappa shape index (κ3) is 3.76. The van der Waals surface area contributed by atoms with E-state index in [1.165, 1.54) is 30.8 Å². The van der Waals surface area contributed by atoms with Gasteiger partial charge in [-0.2, -0.15) is 10.2 Å². The van der Waals surface area contributed by atoms with Crippen molar-refractivity contribution in [2.24, 2.45) is 15.2 Å². The Balaban J connectivity index is 1.43. The molecule has 0 aromatic heterocycles. The number of amides is 2. The molecule has 2 N–H and O–H groups in total. The van der Waals surface area contributed by atoms with Gasteiger partial charge in [0.25, 0.3) is 11.6 Å². The van der Waals surface area contributed by atoms with Crippen molar-refractivity contribution < 1.29 is 14.5 Å². The van der Waals surface area contributed by atoms with E-state index in [9.17, 15) is 19.7 Å². The summed E-state index contributed by atoms with van der Waals surface area (Å²) in [6.45, 7) is 0. The topological polar surface area (TPSA) is 142 Å². The highest BCUT2D eigenvalue weighted by molar-refractivity contribution is 6.14. The first-order valence-electron chi connectivity index (χ1n) is 8.89. The number of amidine groups is 1. The number of hydrogen-bond donors (Lipinski definition) is 2. The fourth-order valence-electron chi connectivity index (χ4n) is 3.06. The lowest BCUT2D eigenvalue weighted by Crippen LogP contribution is -2.55. The number of rotatable bonds is 5. The number of nitrogens with zero attached hydrogens (tertiary/aromatic N) is 5. The highest BCUT2D eigenvalue weighted by Gasteiger charge is 2.36. The summed E-state index contributed by atoms with van der Waals surface area (Å²) < 4.78 is 0. The van der Waals surface area contributed by atoms with Gasteiger partial charge in [-0.15, -0.1) is 0 Å². The minimum absolute atomic E-state index is 0.0827. The summed E-state index contributed by atoms with van der Waals surface area (Å²) in [5.41, 5.74) is 6.60. The van der Waals surface area contributed by atoms with Crippen molar-refractivity contribution in [1.29, 1.82) is 0 Å². The minimum atomic E-state index is -0.845. The number of hydrogen-bond acceptors (Lipinski definition) is 8. The SMILES string of the molecule is O=C(CC1C(=O)NN=C2c3ccccc3N=CN21)NN=Cc1cccc([N+](=O)[O-])c1. The quantitative estimate of drug-likeness (QED) is 0.438. The van der Waals surface area contributed by atoms with Gasteiger partial charge in [0, 0.05) is 23.3 Å². The van der Waals surface area contributed by atoms with Gasteiger partial charge in [-0.25, -0.2) is 15.8 Å². The highest BCUT2D eigenvalue weighted by Crippen LogP contribution is 2.27. The van der Waals surface area contributed by atoms with E-state index >= 15 is 0 Å².